The predicted octanol–water partition coefficient (Wildman–Crippen LogP) is 3.78. The zero-order valence-corrected chi connectivity index (χ0v) is 18.4. The largest absolute Gasteiger partial charge is 0.493 e. The number of amides is 1. The molecule has 0 radical (unpaired) electrons. The fourth-order valence-electron chi connectivity index (χ4n) is 4.87. The molecule has 0 spiro atoms. The molecule has 1 aliphatic carbocycles. The van der Waals surface area contributed by atoms with Crippen molar-refractivity contribution < 1.29 is 14.3 Å². The van der Waals surface area contributed by atoms with Crippen LogP contribution < -0.4 is 9.47 Å². The van der Waals surface area contributed by atoms with Crippen molar-refractivity contribution in [2.45, 2.75) is 51.0 Å². The topological polar surface area (TPSA) is 93.2 Å². The minimum atomic E-state index is -0.0698. The van der Waals surface area contributed by atoms with E-state index in [1.807, 2.05) is 11.0 Å². The smallest absolute Gasteiger partial charge is 0.274 e. The Bertz CT molecular complexity index is 1080. The van der Waals surface area contributed by atoms with Gasteiger partial charge in [0.2, 0.25) is 0 Å². The number of carbonyl (C=O) groups is 1. The molecule has 1 saturated carbocycles. The second kappa shape index (κ2) is 9.14. The summed E-state index contributed by atoms with van der Waals surface area (Å²) in [4.78, 5) is 30.4. The van der Waals surface area contributed by atoms with Crippen LogP contribution in [-0.4, -0.2) is 57.0 Å². The fraction of sp³-hybridized carbons (Fsp3) is 0.500. The highest BCUT2D eigenvalue weighted by Crippen LogP contribution is 2.34. The van der Waals surface area contributed by atoms with Crippen molar-refractivity contribution in [3.05, 3.63) is 42.1 Å². The molecule has 2 fully saturated rings. The Morgan fingerprint density at radius 1 is 1.09 bits per heavy atom. The van der Waals surface area contributed by atoms with Crippen molar-refractivity contribution in [1.29, 1.82) is 0 Å². The number of nitrogens with one attached hydrogen (secondary N) is 1. The summed E-state index contributed by atoms with van der Waals surface area (Å²) in [5.74, 6) is 2.12. The van der Waals surface area contributed by atoms with E-state index in [0.717, 1.165) is 56.7 Å². The summed E-state index contributed by atoms with van der Waals surface area (Å²) in [7, 11) is 1.69. The van der Waals surface area contributed by atoms with Crippen LogP contribution in [0.5, 0.6) is 11.5 Å². The predicted molar refractivity (Wildman–Crippen MR) is 120 cm³/mol. The number of piperidine rings is 1. The van der Waals surface area contributed by atoms with Crippen molar-refractivity contribution in [3.8, 4) is 11.5 Å². The lowest BCUT2D eigenvalue weighted by molar-refractivity contribution is 0.0686. The van der Waals surface area contributed by atoms with Crippen molar-refractivity contribution in [1.82, 2.24) is 24.8 Å². The van der Waals surface area contributed by atoms with Gasteiger partial charge >= 0.3 is 0 Å². The van der Waals surface area contributed by atoms with Crippen LogP contribution in [0.3, 0.4) is 0 Å². The molecule has 1 aliphatic heterocycles. The lowest BCUT2D eigenvalue weighted by Crippen LogP contribution is -2.39. The maximum atomic E-state index is 13.0. The first-order valence-electron chi connectivity index (χ1n) is 11.5. The molecule has 0 atom stereocenters. The molecule has 2 aromatic heterocycles. The second-order valence-corrected chi connectivity index (χ2v) is 8.77. The number of imidazole rings is 1. The van der Waals surface area contributed by atoms with E-state index in [4.69, 9.17) is 9.47 Å². The third kappa shape index (κ3) is 4.26. The molecule has 8 nitrogen and oxygen atoms in total. The molecular weight excluding hydrogens is 406 g/mol. The Balaban J connectivity index is 1.21. The van der Waals surface area contributed by atoms with Gasteiger partial charge in [-0.1, -0.05) is 6.07 Å². The van der Waals surface area contributed by atoms with E-state index < -0.39 is 0 Å². The SMILES string of the molecule is COc1ccc(CC2CCN(C(=O)c3ncnc4[nH]cnc34)CC2)cc1OC1CCCC1. The summed E-state index contributed by atoms with van der Waals surface area (Å²) in [6.45, 7) is 1.45. The number of hydrogen-bond acceptors (Lipinski definition) is 6. The van der Waals surface area contributed by atoms with Gasteiger partial charge in [0, 0.05) is 13.1 Å². The van der Waals surface area contributed by atoms with Crippen LogP contribution in [0.4, 0.5) is 0 Å². The standard InChI is InChI=1S/C24H29N5O3/c1-31-19-7-6-17(13-20(19)32-18-4-2-3-5-18)12-16-8-10-29(11-9-16)24(30)22-21-23(27-14-25-21)28-15-26-22/h6-7,13-16,18H,2-5,8-12H2,1H3,(H,25,26,27,28). The Kier molecular flexibility index (Phi) is 5.92. The number of benzene rings is 1. The molecule has 3 heterocycles. The van der Waals surface area contributed by atoms with Gasteiger partial charge in [0.25, 0.3) is 5.91 Å². The molecular formula is C24H29N5O3. The van der Waals surface area contributed by atoms with Crippen LogP contribution >= 0.6 is 0 Å². The summed E-state index contributed by atoms with van der Waals surface area (Å²) in [5.41, 5.74) is 2.76. The van der Waals surface area contributed by atoms with Crippen LogP contribution in [0.1, 0.15) is 54.6 Å². The van der Waals surface area contributed by atoms with Gasteiger partial charge in [0.15, 0.2) is 22.8 Å². The van der Waals surface area contributed by atoms with Crippen LogP contribution in [0.15, 0.2) is 30.9 Å². The number of aromatic amines is 1. The first-order chi connectivity index (χ1) is 15.7. The molecule has 168 valence electrons. The van der Waals surface area contributed by atoms with Crippen LogP contribution in [-0.2, 0) is 6.42 Å². The number of methoxy groups -OCH3 is 1. The lowest BCUT2D eigenvalue weighted by atomic mass is 9.90. The fourth-order valence-corrected chi connectivity index (χ4v) is 4.87. The maximum absolute atomic E-state index is 13.0. The van der Waals surface area contributed by atoms with Gasteiger partial charge in [-0.25, -0.2) is 15.0 Å². The quantitative estimate of drug-likeness (QED) is 0.633. The number of hydrogen-bond donors (Lipinski definition) is 1. The van der Waals surface area contributed by atoms with Gasteiger partial charge in [-0.3, -0.25) is 4.79 Å². The number of nitrogens with zero attached hydrogens (tertiary/aromatic N) is 4. The number of aromatic nitrogens is 4. The zero-order chi connectivity index (χ0) is 21.9. The summed E-state index contributed by atoms with van der Waals surface area (Å²) >= 11 is 0. The average molecular weight is 436 g/mol. The van der Waals surface area contributed by atoms with Crippen molar-refractivity contribution in [2.24, 2.45) is 5.92 Å². The second-order valence-electron chi connectivity index (χ2n) is 8.77. The Hall–Kier alpha value is -3.16. The van der Waals surface area contributed by atoms with Gasteiger partial charge in [0.1, 0.15) is 11.8 Å². The van der Waals surface area contributed by atoms with Gasteiger partial charge in [-0.05, 0) is 68.6 Å². The minimum absolute atomic E-state index is 0.0698. The normalized spacial score (nSPS) is 17.7. The van der Waals surface area contributed by atoms with Gasteiger partial charge in [-0.2, -0.15) is 0 Å². The van der Waals surface area contributed by atoms with Crippen LogP contribution in [0.25, 0.3) is 11.2 Å². The Morgan fingerprint density at radius 2 is 1.91 bits per heavy atom. The van der Waals surface area contributed by atoms with Gasteiger partial charge in [-0.15, -0.1) is 0 Å². The highest BCUT2D eigenvalue weighted by atomic mass is 16.5. The summed E-state index contributed by atoms with van der Waals surface area (Å²) in [6, 6.07) is 6.29. The molecule has 0 bridgehead atoms. The highest BCUT2D eigenvalue weighted by molar-refractivity contribution is 6.01. The summed E-state index contributed by atoms with van der Waals surface area (Å²) < 4.78 is 11.8. The van der Waals surface area contributed by atoms with E-state index in [9.17, 15) is 4.79 Å². The molecule has 1 aromatic carbocycles. The molecule has 0 unspecified atom stereocenters. The number of H-pyrrole nitrogens is 1. The van der Waals surface area contributed by atoms with E-state index in [1.165, 1.54) is 24.7 Å². The molecule has 5 rings (SSSR count). The average Bonchev–Trinajstić information content (AvgIpc) is 3.51. The van der Waals surface area contributed by atoms with E-state index in [-0.39, 0.29) is 5.91 Å². The molecule has 3 aromatic rings. The number of fused-ring (bicyclic) bond motifs is 1. The first-order valence-corrected chi connectivity index (χ1v) is 11.5. The van der Waals surface area contributed by atoms with Crippen molar-refractivity contribution in [2.75, 3.05) is 20.2 Å². The van der Waals surface area contributed by atoms with E-state index in [0.29, 0.717) is 28.9 Å². The number of rotatable bonds is 6. The van der Waals surface area contributed by atoms with Gasteiger partial charge < -0.3 is 19.4 Å². The van der Waals surface area contributed by atoms with Crippen molar-refractivity contribution in [3.63, 3.8) is 0 Å². The summed E-state index contributed by atoms with van der Waals surface area (Å²) in [6.07, 6.45) is 10.9. The monoisotopic (exact) mass is 435 g/mol. The maximum Gasteiger partial charge on any atom is 0.274 e. The zero-order valence-electron chi connectivity index (χ0n) is 18.4. The van der Waals surface area contributed by atoms with E-state index in [2.05, 4.69) is 32.1 Å². The van der Waals surface area contributed by atoms with Crippen LogP contribution in [0.2, 0.25) is 0 Å². The molecule has 32 heavy (non-hydrogen) atoms. The number of carbonyl (C=O) groups excluding carboxylic acids is 1. The van der Waals surface area contributed by atoms with Gasteiger partial charge in [0.05, 0.1) is 19.5 Å². The molecule has 1 amide bonds. The molecule has 2 aliphatic rings. The van der Waals surface area contributed by atoms with Crippen molar-refractivity contribution >= 4 is 17.1 Å². The number of likely N-dealkylation sites (tertiary alicyclic amines) is 1. The molecule has 8 heteroatoms. The van der Waals surface area contributed by atoms with E-state index >= 15 is 0 Å². The Morgan fingerprint density at radius 3 is 2.69 bits per heavy atom. The Labute approximate surface area is 187 Å². The third-order valence-electron chi connectivity index (χ3n) is 6.67. The highest BCUT2D eigenvalue weighted by Gasteiger charge is 2.27. The molecule has 1 saturated heterocycles. The first kappa shape index (κ1) is 20.7. The van der Waals surface area contributed by atoms with Crippen LogP contribution in [0, 0.1) is 5.92 Å². The summed E-state index contributed by atoms with van der Waals surface area (Å²) in [5, 5.41) is 0. The lowest BCUT2D eigenvalue weighted by Gasteiger charge is -2.32. The van der Waals surface area contributed by atoms with E-state index in [1.54, 1.807) is 13.4 Å². The molecule has 1 N–H and O–H groups in total. The number of ether oxygens (including phenoxy) is 2. The third-order valence-corrected chi connectivity index (χ3v) is 6.67. The minimum Gasteiger partial charge on any atom is -0.493 e.